The number of hydrogen-bond donors (Lipinski definition) is 1. The van der Waals surface area contributed by atoms with Gasteiger partial charge in [-0.1, -0.05) is 29.8 Å². The second-order valence-corrected chi connectivity index (χ2v) is 4.83. The fourth-order valence-corrected chi connectivity index (χ4v) is 2.01. The largest absolute Gasteiger partial charge is 0.455 e. The summed E-state index contributed by atoms with van der Waals surface area (Å²) in [4.78, 5) is 0. The monoisotopic (exact) mass is 309 g/mol. The standard InChI is InChI=1S/C16H17ClFNO2/c1-20-10-9-19-11-12-14(18)6-4-8-15(12)21-16-7-3-2-5-13(16)17/h2-8,19H,9-11H2,1H3. The summed E-state index contributed by atoms with van der Waals surface area (Å²) >= 11 is 6.06. The van der Waals surface area contributed by atoms with Gasteiger partial charge in [0.15, 0.2) is 0 Å². The third-order valence-corrected chi connectivity index (χ3v) is 3.23. The summed E-state index contributed by atoms with van der Waals surface area (Å²) < 4.78 is 24.7. The van der Waals surface area contributed by atoms with Crippen LogP contribution in [0.15, 0.2) is 42.5 Å². The van der Waals surface area contributed by atoms with Crippen LogP contribution in [0.2, 0.25) is 5.02 Å². The lowest BCUT2D eigenvalue weighted by Gasteiger charge is -2.13. The average molecular weight is 310 g/mol. The molecule has 2 aromatic carbocycles. The average Bonchev–Trinajstić information content (AvgIpc) is 2.48. The molecule has 2 aromatic rings. The smallest absolute Gasteiger partial charge is 0.146 e. The van der Waals surface area contributed by atoms with Gasteiger partial charge < -0.3 is 14.8 Å². The molecule has 0 radical (unpaired) electrons. The predicted molar refractivity (Wildman–Crippen MR) is 81.5 cm³/mol. The molecule has 0 heterocycles. The molecule has 112 valence electrons. The van der Waals surface area contributed by atoms with Crippen molar-refractivity contribution >= 4 is 11.6 Å². The molecule has 0 saturated heterocycles. The third kappa shape index (κ3) is 4.43. The third-order valence-electron chi connectivity index (χ3n) is 2.92. The lowest BCUT2D eigenvalue weighted by atomic mass is 10.2. The summed E-state index contributed by atoms with van der Waals surface area (Å²) in [6.07, 6.45) is 0. The zero-order valence-electron chi connectivity index (χ0n) is 11.7. The van der Waals surface area contributed by atoms with Crippen LogP contribution in [-0.4, -0.2) is 20.3 Å². The Labute approximate surface area is 128 Å². The Hall–Kier alpha value is -1.62. The SMILES string of the molecule is COCCNCc1c(F)cccc1Oc1ccccc1Cl. The second-order valence-electron chi connectivity index (χ2n) is 4.42. The van der Waals surface area contributed by atoms with E-state index < -0.39 is 0 Å². The first-order valence-electron chi connectivity index (χ1n) is 6.62. The van der Waals surface area contributed by atoms with Gasteiger partial charge in [-0.05, 0) is 24.3 Å². The van der Waals surface area contributed by atoms with E-state index in [0.29, 0.717) is 41.8 Å². The molecular formula is C16H17ClFNO2. The van der Waals surface area contributed by atoms with Crippen LogP contribution in [0.5, 0.6) is 11.5 Å². The van der Waals surface area contributed by atoms with Crippen LogP contribution in [-0.2, 0) is 11.3 Å². The fraction of sp³-hybridized carbons (Fsp3) is 0.250. The summed E-state index contributed by atoms with van der Waals surface area (Å²) in [5.41, 5.74) is 0.466. The van der Waals surface area contributed by atoms with Gasteiger partial charge >= 0.3 is 0 Å². The minimum Gasteiger partial charge on any atom is -0.455 e. The second kappa shape index (κ2) is 7.98. The van der Waals surface area contributed by atoms with E-state index in [2.05, 4.69) is 5.32 Å². The maximum atomic E-state index is 14.0. The van der Waals surface area contributed by atoms with Crippen molar-refractivity contribution < 1.29 is 13.9 Å². The molecule has 3 nitrogen and oxygen atoms in total. The highest BCUT2D eigenvalue weighted by molar-refractivity contribution is 6.32. The highest BCUT2D eigenvalue weighted by Crippen LogP contribution is 2.31. The van der Waals surface area contributed by atoms with Gasteiger partial charge in [0.2, 0.25) is 0 Å². The maximum absolute atomic E-state index is 14.0. The van der Waals surface area contributed by atoms with Gasteiger partial charge in [-0.25, -0.2) is 4.39 Å². The van der Waals surface area contributed by atoms with Crippen LogP contribution < -0.4 is 10.1 Å². The number of para-hydroxylation sites is 1. The predicted octanol–water partition coefficient (Wildman–Crippen LogP) is 4.01. The summed E-state index contributed by atoms with van der Waals surface area (Å²) in [7, 11) is 1.62. The van der Waals surface area contributed by atoms with Crippen LogP contribution >= 0.6 is 11.6 Å². The Balaban J connectivity index is 2.15. The van der Waals surface area contributed by atoms with E-state index in [1.807, 2.05) is 12.1 Å². The minimum atomic E-state index is -0.315. The van der Waals surface area contributed by atoms with E-state index >= 15 is 0 Å². The molecule has 0 saturated carbocycles. The van der Waals surface area contributed by atoms with Crippen molar-refractivity contribution in [3.63, 3.8) is 0 Å². The van der Waals surface area contributed by atoms with Crippen LogP contribution in [0.1, 0.15) is 5.56 Å². The summed E-state index contributed by atoms with van der Waals surface area (Å²) in [6.45, 7) is 1.56. The van der Waals surface area contributed by atoms with Crippen LogP contribution in [0.25, 0.3) is 0 Å². The number of ether oxygens (including phenoxy) is 2. The zero-order valence-corrected chi connectivity index (χ0v) is 12.5. The van der Waals surface area contributed by atoms with Gasteiger partial charge in [0.1, 0.15) is 17.3 Å². The molecule has 0 aliphatic rings. The van der Waals surface area contributed by atoms with Crippen molar-refractivity contribution in [2.24, 2.45) is 0 Å². The number of methoxy groups -OCH3 is 1. The normalized spacial score (nSPS) is 10.6. The Morgan fingerprint density at radius 3 is 2.62 bits per heavy atom. The van der Waals surface area contributed by atoms with E-state index in [1.54, 1.807) is 31.4 Å². The number of halogens is 2. The van der Waals surface area contributed by atoms with Crippen molar-refractivity contribution in [2.45, 2.75) is 6.54 Å². The molecule has 0 spiro atoms. The summed E-state index contributed by atoms with van der Waals surface area (Å²) in [5.74, 6) is 0.639. The number of rotatable bonds is 7. The van der Waals surface area contributed by atoms with Gasteiger partial charge in [0, 0.05) is 25.8 Å². The van der Waals surface area contributed by atoms with Gasteiger partial charge in [-0.3, -0.25) is 0 Å². The lowest BCUT2D eigenvalue weighted by molar-refractivity contribution is 0.199. The van der Waals surface area contributed by atoms with Crippen LogP contribution in [0, 0.1) is 5.82 Å². The van der Waals surface area contributed by atoms with E-state index in [9.17, 15) is 4.39 Å². The van der Waals surface area contributed by atoms with Crippen molar-refractivity contribution in [3.05, 3.63) is 58.9 Å². The van der Waals surface area contributed by atoms with Crippen molar-refractivity contribution in [2.75, 3.05) is 20.3 Å². The van der Waals surface area contributed by atoms with Gasteiger partial charge in [-0.15, -0.1) is 0 Å². The molecule has 0 bridgehead atoms. The zero-order chi connectivity index (χ0) is 15.1. The molecule has 21 heavy (non-hydrogen) atoms. The Morgan fingerprint density at radius 1 is 1.10 bits per heavy atom. The molecular weight excluding hydrogens is 293 g/mol. The molecule has 0 atom stereocenters. The Bertz CT molecular complexity index is 592. The van der Waals surface area contributed by atoms with Gasteiger partial charge in [0.25, 0.3) is 0 Å². The number of benzene rings is 2. The molecule has 0 aliphatic carbocycles. The van der Waals surface area contributed by atoms with E-state index in [0.717, 1.165) is 0 Å². The molecule has 2 rings (SSSR count). The first kappa shape index (κ1) is 15.8. The van der Waals surface area contributed by atoms with Crippen molar-refractivity contribution in [1.82, 2.24) is 5.32 Å². The quantitative estimate of drug-likeness (QED) is 0.784. The van der Waals surface area contributed by atoms with E-state index in [4.69, 9.17) is 21.1 Å². The molecule has 1 N–H and O–H groups in total. The highest BCUT2D eigenvalue weighted by atomic mass is 35.5. The first-order chi connectivity index (χ1) is 10.2. The van der Waals surface area contributed by atoms with Crippen LogP contribution in [0.4, 0.5) is 4.39 Å². The minimum absolute atomic E-state index is 0.315. The fourth-order valence-electron chi connectivity index (χ4n) is 1.84. The molecule has 5 heteroatoms. The van der Waals surface area contributed by atoms with Crippen molar-refractivity contribution in [1.29, 1.82) is 0 Å². The number of hydrogen-bond acceptors (Lipinski definition) is 3. The first-order valence-corrected chi connectivity index (χ1v) is 6.99. The van der Waals surface area contributed by atoms with Gasteiger partial charge in [-0.2, -0.15) is 0 Å². The Morgan fingerprint density at radius 2 is 1.86 bits per heavy atom. The molecule has 0 unspecified atom stereocenters. The van der Waals surface area contributed by atoms with E-state index in [-0.39, 0.29) is 5.82 Å². The lowest BCUT2D eigenvalue weighted by Crippen LogP contribution is -2.19. The number of nitrogens with one attached hydrogen (secondary N) is 1. The van der Waals surface area contributed by atoms with Crippen LogP contribution in [0.3, 0.4) is 0 Å². The highest BCUT2D eigenvalue weighted by Gasteiger charge is 2.11. The van der Waals surface area contributed by atoms with Gasteiger partial charge in [0.05, 0.1) is 11.6 Å². The van der Waals surface area contributed by atoms with E-state index in [1.165, 1.54) is 6.07 Å². The topological polar surface area (TPSA) is 30.5 Å². The molecule has 0 aromatic heterocycles. The summed E-state index contributed by atoms with van der Waals surface area (Å²) in [6, 6.07) is 11.8. The maximum Gasteiger partial charge on any atom is 0.146 e. The molecule has 0 aliphatic heterocycles. The Kier molecular flexibility index (Phi) is 5.99. The molecule has 0 fully saturated rings. The molecule has 0 amide bonds. The summed E-state index contributed by atoms with van der Waals surface area (Å²) in [5, 5.41) is 3.59. The van der Waals surface area contributed by atoms with Crippen molar-refractivity contribution in [3.8, 4) is 11.5 Å².